The highest BCUT2D eigenvalue weighted by Gasteiger charge is 2.34. The highest BCUT2D eigenvalue weighted by atomic mass is 19.3. The number of hydrogen-bond donors (Lipinski definition) is 0. The third-order valence-electron chi connectivity index (χ3n) is 7.32. The molecule has 0 aromatic heterocycles. The van der Waals surface area contributed by atoms with Crippen molar-refractivity contribution in [2.45, 2.75) is 90.1 Å². The van der Waals surface area contributed by atoms with Gasteiger partial charge in [0.2, 0.25) is 0 Å². The molecule has 1 aromatic rings. The van der Waals surface area contributed by atoms with Crippen LogP contribution in [0.25, 0.3) is 0 Å². The van der Waals surface area contributed by atoms with Crippen LogP contribution in [0.1, 0.15) is 93.7 Å². The first-order valence-corrected chi connectivity index (χ1v) is 11.0. The molecule has 0 amide bonds. The van der Waals surface area contributed by atoms with E-state index >= 15 is 0 Å². The quantitative estimate of drug-likeness (QED) is 0.496. The van der Waals surface area contributed by atoms with E-state index in [1.807, 2.05) is 12.1 Å². The minimum atomic E-state index is -3.20. The molecule has 0 N–H and O–H groups in total. The summed E-state index contributed by atoms with van der Waals surface area (Å²) in [4.78, 5) is 0. The largest absolute Gasteiger partial charge is 0.383 e. The molecular weight excluding hydrogens is 342 g/mol. The average Bonchev–Trinajstić information content (AvgIpc) is 2.69. The highest BCUT2D eigenvalue weighted by molar-refractivity contribution is 5.35. The number of rotatable bonds is 6. The van der Waals surface area contributed by atoms with Crippen molar-refractivity contribution in [2.24, 2.45) is 17.8 Å². The maximum atomic E-state index is 13.8. The van der Waals surface area contributed by atoms with Gasteiger partial charge in [0.05, 0.1) is 5.56 Å². The molecule has 2 aliphatic carbocycles. The summed E-state index contributed by atoms with van der Waals surface area (Å²) in [6, 6.07) is 5.43. The second-order valence-corrected chi connectivity index (χ2v) is 8.98. The predicted molar refractivity (Wildman–Crippen MR) is 107 cm³/mol. The third-order valence-corrected chi connectivity index (χ3v) is 7.32. The van der Waals surface area contributed by atoms with Gasteiger partial charge in [-0.25, -0.2) is 0 Å². The van der Waals surface area contributed by atoms with Gasteiger partial charge in [0, 0.05) is 7.11 Å². The van der Waals surface area contributed by atoms with Crippen molar-refractivity contribution in [3.05, 3.63) is 34.9 Å². The molecule has 2 aliphatic rings. The Hall–Kier alpha value is -0.960. The topological polar surface area (TPSA) is 9.23 Å². The van der Waals surface area contributed by atoms with E-state index in [0.29, 0.717) is 11.5 Å². The van der Waals surface area contributed by atoms with E-state index in [-0.39, 0.29) is 5.56 Å². The summed E-state index contributed by atoms with van der Waals surface area (Å²) in [5.74, 6) is 3.33. The summed E-state index contributed by atoms with van der Waals surface area (Å²) in [6.45, 7) is 4.07. The van der Waals surface area contributed by atoms with Gasteiger partial charge in [-0.2, -0.15) is 8.78 Å². The molecule has 3 rings (SSSR count). The van der Waals surface area contributed by atoms with Gasteiger partial charge in [-0.05, 0) is 86.3 Å². The van der Waals surface area contributed by atoms with E-state index in [0.717, 1.165) is 24.9 Å². The first-order valence-electron chi connectivity index (χ1n) is 11.0. The van der Waals surface area contributed by atoms with Gasteiger partial charge < -0.3 is 4.74 Å². The van der Waals surface area contributed by atoms with E-state index in [4.69, 9.17) is 0 Å². The third kappa shape index (κ3) is 4.91. The van der Waals surface area contributed by atoms with Gasteiger partial charge in [0.1, 0.15) is 0 Å². The molecule has 152 valence electrons. The van der Waals surface area contributed by atoms with Gasteiger partial charge in [-0.1, -0.05) is 44.7 Å². The Morgan fingerprint density at radius 1 is 0.963 bits per heavy atom. The Balaban J connectivity index is 1.54. The van der Waals surface area contributed by atoms with Crippen LogP contribution in [-0.2, 0) is 10.8 Å². The minimum Gasteiger partial charge on any atom is -0.320 e. The molecule has 0 atom stereocenters. The number of aryl methyl sites for hydroxylation is 1. The zero-order valence-electron chi connectivity index (χ0n) is 17.3. The standard InChI is InChI=1S/C24H36F2O/c1-4-5-18-6-8-19(9-7-18)20-10-12-21(13-11-20)22-14-15-23(17(2)16-22)24(25,26)27-3/h14-16,18-21H,4-13H2,1-3H3. The predicted octanol–water partition coefficient (Wildman–Crippen LogP) is 7.57. The monoisotopic (exact) mass is 378 g/mol. The van der Waals surface area contributed by atoms with E-state index < -0.39 is 6.11 Å². The number of methoxy groups -OCH3 is 1. The number of alkyl halides is 2. The molecule has 2 fully saturated rings. The second-order valence-electron chi connectivity index (χ2n) is 8.98. The smallest absolute Gasteiger partial charge is 0.320 e. The lowest BCUT2D eigenvalue weighted by atomic mass is 9.68. The number of halogens is 2. The average molecular weight is 379 g/mol. The minimum absolute atomic E-state index is 0.00808. The SMILES string of the molecule is CCCC1CCC(C2CCC(c3ccc(C(F)(F)OC)c(C)c3)CC2)CC1. The lowest BCUT2D eigenvalue weighted by Crippen LogP contribution is -2.25. The van der Waals surface area contributed by atoms with Crippen molar-refractivity contribution in [2.75, 3.05) is 7.11 Å². The fourth-order valence-corrected chi connectivity index (χ4v) is 5.66. The van der Waals surface area contributed by atoms with E-state index in [1.54, 1.807) is 13.0 Å². The first-order chi connectivity index (χ1) is 12.9. The molecule has 27 heavy (non-hydrogen) atoms. The molecule has 2 saturated carbocycles. The Labute approximate surface area is 163 Å². The van der Waals surface area contributed by atoms with E-state index in [2.05, 4.69) is 11.7 Å². The molecule has 0 saturated heterocycles. The zero-order chi connectivity index (χ0) is 19.4. The van der Waals surface area contributed by atoms with Crippen molar-refractivity contribution < 1.29 is 13.5 Å². The molecule has 1 nitrogen and oxygen atoms in total. The summed E-state index contributed by atoms with van der Waals surface area (Å²) in [5, 5.41) is 0. The van der Waals surface area contributed by atoms with Gasteiger partial charge in [-0.3, -0.25) is 0 Å². The lowest BCUT2D eigenvalue weighted by Gasteiger charge is -2.38. The van der Waals surface area contributed by atoms with Crippen LogP contribution in [0.15, 0.2) is 18.2 Å². The first kappa shape index (κ1) is 20.8. The summed E-state index contributed by atoms with van der Waals surface area (Å²) in [7, 11) is 1.06. The number of hydrogen-bond acceptors (Lipinski definition) is 1. The Morgan fingerprint density at radius 3 is 2.07 bits per heavy atom. The summed E-state index contributed by atoms with van der Waals surface area (Å²) in [6.07, 6.45) is 10.3. The van der Waals surface area contributed by atoms with Gasteiger partial charge in [0.15, 0.2) is 0 Å². The molecule has 0 radical (unpaired) electrons. The van der Waals surface area contributed by atoms with Crippen molar-refractivity contribution in [3.63, 3.8) is 0 Å². The Kier molecular flexibility index (Phi) is 6.94. The molecule has 0 heterocycles. The number of benzene rings is 1. The van der Waals surface area contributed by atoms with Crippen LogP contribution >= 0.6 is 0 Å². The molecule has 3 heteroatoms. The van der Waals surface area contributed by atoms with Crippen LogP contribution in [0.5, 0.6) is 0 Å². The highest BCUT2D eigenvalue weighted by Crippen LogP contribution is 2.45. The Morgan fingerprint density at radius 2 is 1.56 bits per heavy atom. The van der Waals surface area contributed by atoms with E-state index in [9.17, 15) is 8.78 Å². The van der Waals surface area contributed by atoms with Crippen LogP contribution in [0.4, 0.5) is 8.78 Å². The Bertz CT molecular complexity index is 596. The molecule has 0 bridgehead atoms. The van der Waals surface area contributed by atoms with Crippen molar-refractivity contribution >= 4 is 0 Å². The second kappa shape index (κ2) is 9.03. The van der Waals surface area contributed by atoms with E-state index in [1.165, 1.54) is 69.8 Å². The van der Waals surface area contributed by atoms with Crippen LogP contribution in [0, 0.1) is 24.7 Å². The van der Waals surface area contributed by atoms with Crippen LogP contribution in [-0.4, -0.2) is 7.11 Å². The summed E-state index contributed by atoms with van der Waals surface area (Å²) < 4.78 is 32.0. The molecule has 0 aliphatic heterocycles. The molecule has 1 aromatic carbocycles. The summed E-state index contributed by atoms with van der Waals surface area (Å²) >= 11 is 0. The normalized spacial score (nSPS) is 29.7. The number of ether oxygens (including phenoxy) is 1. The van der Waals surface area contributed by atoms with Crippen LogP contribution in [0.2, 0.25) is 0 Å². The maximum absolute atomic E-state index is 13.8. The van der Waals surface area contributed by atoms with Crippen molar-refractivity contribution in [1.82, 2.24) is 0 Å². The molecule has 0 unspecified atom stereocenters. The molecule has 0 spiro atoms. The van der Waals surface area contributed by atoms with Crippen LogP contribution < -0.4 is 0 Å². The fraction of sp³-hybridized carbons (Fsp3) is 0.750. The van der Waals surface area contributed by atoms with Crippen molar-refractivity contribution in [3.8, 4) is 0 Å². The van der Waals surface area contributed by atoms with Gasteiger partial charge in [0.25, 0.3) is 0 Å². The molecular formula is C24H36F2O. The van der Waals surface area contributed by atoms with Crippen LogP contribution in [0.3, 0.4) is 0 Å². The summed E-state index contributed by atoms with van der Waals surface area (Å²) in [5.41, 5.74) is 1.86. The van der Waals surface area contributed by atoms with Gasteiger partial charge in [-0.15, -0.1) is 0 Å². The maximum Gasteiger partial charge on any atom is 0.383 e. The van der Waals surface area contributed by atoms with Crippen molar-refractivity contribution in [1.29, 1.82) is 0 Å². The lowest BCUT2D eigenvalue weighted by molar-refractivity contribution is -0.231. The zero-order valence-corrected chi connectivity index (χ0v) is 17.3. The van der Waals surface area contributed by atoms with Gasteiger partial charge >= 0.3 is 6.11 Å². The fourth-order valence-electron chi connectivity index (χ4n) is 5.66.